The number of thiazole rings is 2. The Labute approximate surface area is 175 Å². The number of nitrogens with zero attached hydrogens (tertiary/aromatic N) is 2. The van der Waals surface area contributed by atoms with Crippen LogP contribution in [0.2, 0.25) is 0 Å². The molecule has 1 aliphatic rings. The molecule has 128 valence electrons. The smallest absolute Gasteiger partial charge is 0.116 e. The lowest BCUT2D eigenvalue weighted by Gasteiger charge is -2.32. The lowest BCUT2D eigenvalue weighted by atomic mass is 9.89. The molecule has 0 fully saturated rings. The quantitative estimate of drug-likeness (QED) is 0.272. The van der Waals surface area contributed by atoms with E-state index >= 15 is 0 Å². The van der Waals surface area contributed by atoms with E-state index in [9.17, 15) is 0 Å². The summed E-state index contributed by atoms with van der Waals surface area (Å²) in [6.45, 7) is 0. The molecule has 0 bridgehead atoms. The summed E-state index contributed by atoms with van der Waals surface area (Å²) in [5.74, 6) is 0.0467. The number of fused-ring (bicyclic) bond motifs is 2. The minimum Gasteiger partial charge on any atom is -0.240 e. The molecule has 26 heavy (non-hydrogen) atoms. The van der Waals surface area contributed by atoms with Gasteiger partial charge in [-0.2, -0.15) is 0 Å². The third-order valence-electron chi connectivity index (χ3n) is 4.47. The topological polar surface area (TPSA) is 25.8 Å². The standard InChI is InChI=1S/C20H12Br2N2S2/c21-12-6-5-11-20(22,19-24-14-8-2-4-10-16(14)26-19)17(12)18-23-13-7-1-3-9-15(13)25-18/h1-11,17H. The third kappa shape index (κ3) is 2.62. The molecule has 6 heteroatoms. The second-order valence-electron chi connectivity index (χ2n) is 6.12. The highest BCUT2D eigenvalue weighted by Gasteiger charge is 2.44. The van der Waals surface area contributed by atoms with Gasteiger partial charge in [-0.25, -0.2) is 9.97 Å². The molecule has 0 radical (unpaired) electrons. The Morgan fingerprint density at radius 3 is 2.23 bits per heavy atom. The molecule has 2 unspecified atom stereocenters. The number of alkyl halides is 1. The van der Waals surface area contributed by atoms with Crippen LogP contribution >= 0.6 is 54.5 Å². The largest absolute Gasteiger partial charge is 0.240 e. The lowest BCUT2D eigenvalue weighted by Crippen LogP contribution is -2.27. The average molecular weight is 504 g/mol. The van der Waals surface area contributed by atoms with Crippen LogP contribution < -0.4 is 0 Å². The van der Waals surface area contributed by atoms with Gasteiger partial charge in [0.25, 0.3) is 0 Å². The van der Waals surface area contributed by atoms with Gasteiger partial charge in [-0.15, -0.1) is 22.7 Å². The Kier molecular flexibility index (Phi) is 4.12. The molecule has 0 saturated carbocycles. The van der Waals surface area contributed by atoms with Gasteiger partial charge in [0.05, 0.1) is 26.4 Å². The van der Waals surface area contributed by atoms with Crippen LogP contribution in [-0.4, -0.2) is 9.97 Å². The summed E-state index contributed by atoms with van der Waals surface area (Å²) in [7, 11) is 0. The van der Waals surface area contributed by atoms with Crippen molar-refractivity contribution in [3.63, 3.8) is 0 Å². The molecule has 2 atom stereocenters. The van der Waals surface area contributed by atoms with Crippen molar-refractivity contribution in [1.29, 1.82) is 0 Å². The van der Waals surface area contributed by atoms with Crippen molar-refractivity contribution in [3.8, 4) is 0 Å². The van der Waals surface area contributed by atoms with Gasteiger partial charge in [0, 0.05) is 4.48 Å². The van der Waals surface area contributed by atoms with Crippen LogP contribution in [0.25, 0.3) is 20.4 Å². The van der Waals surface area contributed by atoms with E-state index in [4.69, 9.17) is 9.97 Å². The molecule has 5 rings (SSSR count). The molecule has 0 saturated heterocycles. The fraction of sp³-hybridized carbons (Fsp3) is 0.100. The van der Waals surface area contributed by atoms with Crippen LogP contribution in [0.5, 0.6) is 0 Å². The fourth-order valence-electron chi connectivity index (χ4n) is 3.22. The van der Waals surface area contributed by atoms with Crippen LogP contribution in [0.3, 0.4) is 0 Å². The number of halogens is 2. The van der Waals surface area contributed by atoms with Gasteiger partial charge in [-0.1, -0.05) is 74.4 Å². The van der Waals surface area contributed by atoms with Gasteiger partial charge in [0.2, 0.25) is 0 Å². The van der Waals surface area contributed by atoms with Crippen LogP contribution in [0.15, 0.2) is 71.2 Å². The van der Waals surface area contributed by atoms with Crippen LogP contribution in [0.4, 0.5) is 0 Å². The van der Waals surface area contributed by atoms with Gasteiger partial charge < -0.3 is 0 Å². The second kappa shape index (κ2) is 6.37. The first kappa shape index (κ1) is 16.8. The third-order valence-corrected chi connectivity index (χ3v) is 8.84. The van der Waals surface area contributed by atoms with E-state index in [1.807, 2.05) is 12.1 Å². The predicted octanol–water partition coefficient (Wildman–Crippen LogP) is 7.13. The average Bonchev–Trinajstić information content (AvgIpc) is 3.25. The van der Waals surface area contributed by atoms with E-state index in [1.54, 1.807) is 22.7 Å². The molecular formula is C20H12Br2N2S2. The van der Waals surface area contributed by atoms with Crippen molar-refractivity contribution in [1.82, 2.24) is 9.97 Å². The van der Waals surface area contributed by atoms with Crippen molar-refractivity contribution in [2.75, 3.05) is 0 Å². The number of rotatable bonds is 2. The minimum atomic E-state index is -0.419. The Morgan fingerprint density at radius 1 is 0.885 bits per heavy atom. The number of hydrogen-bond acceptors (Lipinski definition) is 4. The van der Waals surface area contributed by atoms with Crippen molar-refractivity contribution < 1.29 is 0 Å². The van der Waals surface area contributed by atoms with E-state index in [1.165, 1.54) is 9.40 Å². The van der Waals surface area contributed by atoms with Gasteiger partial charge in [0.1, 0.15) is 14.3 Å². The highest BCUT2D eigenvalue weighted by Crippen LogP contribution is 2.55. The summed E-state index contributed by atoms with van der Waals surface area (Å²) in [4.78, 5) is 9.84. The highest BCUT2D eigenvalue weighted by atomic mass is 79.9. The summed E-state index contributed by atoms with van der Waals surface area (Å²) in [5.41, 5.74) is 2.08. The van der Waals surface area contributed by atoms with Crippen molar-refractivity contribution in [2.45, 2.75) is 10.2 Å². The first-order chi connectivity index (χ1) is 12.6. The van der Waals surface area contributed by atoms with Crippen LogP contribution in [0.1, 0.15) is 15.9 Å². The van der Waals surface area contributed by atoms with E-state index < -0.39 is 4.32 Å². The SMILES string of the molecule is BrC1=CC=CC(Br)(c2nc3ccccc3s2)C1c1nc2ccccc2s1. The van der Waals surface area contributed by atoms with E-state index in [-0.39, 0.29) is 5.92 Å². The highest BCUT2D eigenvalue weighted by molar-refractivity contribution is 9.12. The second-order valence-corrected chi connectivity index (χ2v) is 10.4. The number of aromatic nitrogens is 2. The zero-order valence-electron chi connectivity index (χ0n) is 13.4. The number of para-hydroxylation sites is 2. The summed E-state index contributed by atoms with van der Waals surface area (Å²) in [5, 5.41) is 2.12. The molecule has 2 heterocycles. The van der Waals surface area contributed by atoms with E-state index in [0.29, 0.717) is 0 Å². The van der Waals surface area contributed by atoms with Crippen LogP contribution in [-0.2, 0) is 4.32 Å². The molecule has 0 aliphatic heterocycles. The Morgan fingerprint density at radius 2 is 1.54 bits per heavy atom. The van der Waals surface area contributed by atoms with E-state index in [0.717, 1.165) is 25.5 Å². The van der Waals surface area contributed by atoms with Crippen molar-refractivity contribution in [2.24, 2.45) is 0 Å². The van der Waals surface area contributed by atoms with Gasteiger partial charge in [-0.05, 0) is 24.3 Å². The maximum Gasteiger partial charge on any atom is 0.116 e. The van der Waals surface area contributed by atoms with Crippen LogP contribution in [0, 0.1) is 0 Å². The van der Waals surface area contributed by atoms with Crippen molar-refractivity contribution in [3.05, 3.63) is 81.3 Å². The molecule has 0 spiro atoms. The minimum absolute atomic E-state index is 0.0467. The van der Waals surface area contributed by atoms with Gasteiger partial charge >= 0.3 is 0 Å². The number of benzene rings is 2. The number of allylic oxidation sites excluding steroid dienone is 4. The molecular weight excluding hydrogens is 492 g/mol. The first-order valence-corrected chi connectivity index (χ1v) is 11.3. The Balaban J connectivity index is 1.70. The molecule has 2 nitrogen and oxygen atoms in total. The van der Waals surface area contributed by atoms with Crippen molar-refractivity contribution >= 4 is 75.0 Å². The molecule has 4 aromatic rings. The summed E-state index contributed by atoms with van der Waals surface area (Å²) in [6, 6.07) is 16.6. The van der Waals surface area contributed by atoms with Gasteiger partial charge in [-0.3, -0.25) is 0 Å². The maximum atomic E-state index is 4.92. The zero-order chi connectivity index (χ0) is 17.7. The predicted molar refractivity (Wildman–Crippen MR) is 119 cm³/mol. The molecule has 2 aromatic heterocycles. The molecule has 0 N–H and O–H groups in total. The molecule has 0 amide bonds. The maximum absolute atomic E-state index is 4.92. The normalized spacial score (nSPS) is 22.8. The Bertz CT molecular complexity index is 1120. The van der Waals surface area contributed by atoms with Gasteiger partial charge in [0.15, 0.2) is 0 Å². The first-order valence-electron chi connectivity index (χ1n) is 8.10. The Hall–Kier alpha value is -1.34. The molecule has 1 aliphatic carbocycles. The van der Waals surface area contributed by atoms with E-state index in [2.05, 4.69) is 86.5 Å². The number of hydrogen-bond donors (Lipinski definition) is 0. The summed E-state index contributed by atoms with van der Waals surface area (Å²) >= 11 is 11.3. The summed E-state index contributed by atoms with van der Waals surface area (Å²) in [6.07, 6.45) is 6.37. The molecule has 2 aromatic carbocycles. The monoisotopic (exact) mass is 502 g/mol. The fourth-order valence-corrected chi connectivity index (χ4v) is 7.73. The lowest BCUT2D eigenvalue weighted by molar-refractivity contribution is 0.671. The zero-order valence-corrected chi connectivity index (χ0v) is 18.2. The summed E-state index contributed by atoms with van der Waals surface area (Å²) < 4.78 is 3.09.